The summed E-state index contributed by atoms with van der Waals surface area (Å²) in [7, 11) is 0. The first kappa shape index (κ1) is 15.0. The van der Waals surface area contributed by atoms with Gasteiger partial charge in [0.2, 0.25) is 0 Å². The van der Waals surface area contributed by atoms with Gasteiger partial charge >= 0.3 is 0 Å². The maximum absolute atomic E-state index is 13.6. The summed E-state index contributed by atoms with van der Waals surface area (Å²) in [4.78, 5) is 4.59. The highest BCUT2D eigenvalue weighted by atomic mass is 19.2. The van der Waals surface area contributed by atoms with Crippen molar-refractivity contribution in [3.63, 3.8) is 0 Å². The average molecular weight is 303 g/mol. The molecule has 3 rings (SSSR count). The minimum atomic E-state index is -0.857. The van der Waals surface area contributed by atoms with Gasteiger partial charge in [0.1, 0.15) is 5.82 Å². The van der Waals surface area contributed by atoms with Gasteiger partial charge in [-0.05, 0) is 19.3 Å². The van der Waals surface area contributed by atoms with E-state index in [-0.39, 0.29) is 0 Å². The monoisotopic (exact) mass is 303 g/mol. The number of halogens is 2. The molecule has 1 saturated carbocycles. The normalized spacial score (nSPS) is 16.0. The van der Waals surface area contributed by atoms with Crippen LogP contribution in [0.5, 0.6) is 0 Å². The summed E-state index contributed by atoms with van der Waals surface area (Å²) < 4.78 is 29.1. The lowest BCUT2D eigenvalue weighted by Gasteiger charge is -2.22. The number of nitrogens with zero attached hydrogens (tertiary/aromatic N) is 3. The van der Waals surface area contributed by atoms with Crippen LogP contribution in [-0.2, 0) is 6.54 Å². The van der Waals surface area contributed by atoms with E-state index < -0.39 is 11.6 Å². The molecule has 0 spiro atoms. The van der Waals surface area contributed by atoms with Gasteiger partial charge in [-0.1, -0.05) is 19.3 Å². The summed E-state index contributed by atoms with van der Waals surface area (Å²) in [5.74, 6) is -0.416. The quantitative estimate of drug-likeness (QED) is 0.770. The van der Waals surface area contributed by atoms with Crippen LogP contribution < -0.4 is 0 Å². The van der Waals surface area contributed by atoms with Gasteiger partial charge < -0.3 is 4.57 Å². The van der Waals surface area contributed by atoms with Gasteiger partial charge in [-0.2, -0.15) is 5.26 Å². The Bertz CT molecular complexity index is 709. The molecule has 0 radical (unpaired) electrons. The summed E-state index contributed by atoms with van der Waals surface area (Å²) in [6, 6.07) is 4.54. The second-order valence-electron chi connectivity index (χ2n) is 5.97. The third kappa shape index (κ3) is 2.83. The molecular formula is C17H19F2N3. The molecule has 0 bridgehead atoms. The molecule has 22 heavy (non-hydrogen) atoms. The zero-order valence-corrected chi connectivity index (χ0v) is 12.5. The molecule has 116 valence electrons. The van der Waals surface area contributed by atoms with Crippen molar-refractivity contribution >= 4 is 11.0 Å². The third-order valence-electron chi connectivity index (χ3n) is 4.46. The first-order chi connectivity index (χ1) is 10.7. The second-order valence-corrected chi connectivity index (χ2v) is 5.97. The standard InChI is InChI=1S/C17H19F2N3/c18-13-10-15-16(11-14(13)19)22(9-5-4-8-20)17(21-15)12-6-2-1-3-7-12/h10-12H,1-7,9H2. The van der Waals surface area contributed by atoms with Crippen LogP contribution >= 0.6 is 0 Å². The van der Waals surface area contributed by atoms with Gasteiger partial charge in [-0.25, -0.2) is 13.8 Å². The summed E-state index contributed by atoms with van der Waals surface area (Å²) in [5, 5.41) is 8.72. The van der Waals surface area contributed by atoms with Crippen LogP contribution in [0.1, 0.15) is 56.7 Å². The lowest BCUT2D eigenvalue weighted by Crippen LogP contribution is -2.12. The molecule has 2 aromatic rings. The number of imidazole rings is 1. The van der Waals surface area contributed by atoms with Crippen molar-refractivity contribution in [3.05, 3.63) is 29.6 Å². The molecule has 0 atom stereocenters. The van der Waals surface area contributed by atoms with Crippen molar-refractivity contribution in [1.29, 1.82) is 5.26 Å². The van der Waals surface area contributed by atoms with Crippen molar-refractivity contribution in [1.82, 2.24) is 9.55 Å². The number of rotatable bonds is 4. The highest BCUT2D eigenvalue weighted by Crippen LogP contribution is 2.34. The number of benzene rings is 1. The molecule has 1 aliphatic carbocycles. The lowest BCUT2D eigenvalue weighted by molar-refractivity contribution is 0.415. The van der Waals surface area contributed by atoms with Gasteiger partial charge in [-0.3, -0.25) is 0 Å². The van der Waals surface area contributed by atoms with Crippen LogP contribution in [0.25, 0.3) is 11.0 Å². The Kier molecular flexibility index (Phi) is 4.37. The molecule has 0 saturated heterocycles. The molecule has 1 aromatic carbocycles. The van der Waals surface area contributed by atoms with E-state index in [0.717, 1.165) is 18.7 Å². The number of nitriles is 1. The Morgan fingerprint density at radius 3 is 2.64 bits per heavy atom. The predicted octanol–water partition coefficient (Wildman–Crippen LogP) is 4.67. The minimum absolute atomic E-state index is 0.356. The molecule has 1 aliphatic rings. The highest BCUT2D eigenvalue weighted by Gasteiger charge is 2.23. The Morgan fingerprint density at radius 1 is 1.18 bits per heavy atom. The van der Waals surface area contributed by atoms with Crippen molar-refractivity contribution in [2.45, 2.75) is 57.4 Å². The smallest absolute Gasteiger partial charge is 0.161 e. The Balaban J connectivity index is 2.04. The number of hydrogen-bond acceptors (Lipinski definition) is 2. The average Bonchev–Trinajstić information content (AvgIpc) is 2.87. The summed E-state index contributed by atoms with van der Waals surface area (Å²) in [6.45, 7) is 0.626. The maximum atomic E-state index is 13.6. The van der Waals surface area contributed by atoms with Crippen molar-refractivity contribution in [3.8, 4) is 6.07 Å². The Morgan fingerprint density at radius 2 is 1.91 bits per heavy atom. The predicted molar refractivity (Wildman–Crippen MR) is 80.3 cm³/mol. The molecule has 1 heterocycles. The molecule has 5 heteroatoms. The third-order valence-corrected chi connectivity index (χ3v) is 4.46. The molecule has 0 aliphatic heterocycles. The number of aryl methyl sites for hydroxylation is 1. The summed E-state index contributed by atoms with van der Waals surface area (Å²) >= 11 is 0. The molecular weight excluding hydrogens is 284 g/mol. The highest BCUT2D eigenvalue weighted by molar-refractivity contribution is 5.76. The van der Waals surface area contributed by atoms with Crippen LogP contribution in [0.4, 0.5) is 8.78 Å². The first-order valence-electron chi connectivity index (χ1n) is 7.93. The molecule has 0 amide bonds. The van der Waals surface area contributed by atoms with Crippen LogP contribution in [0.15, 0.2) is 12.1 Å². The number of unbranched alkanes of at least 4 members (excludes halogenated alkanes) is 1. The van der Waals surface area contributed by atoms with E-state index in [1.165, 1.54) is 31.4 Å². The maximum Gasteiger partial charge on any atom is 0.161 e. The van der Waals surface area contributed by atoms with Gasteiger partial charge in [-0.15, -0.1) is 0 Å². The van der Waals surface area contributed by atoms with Crippen LogP contribution in [0, 0.1) is 23.0 Å². The van der Waals surface area contributed by atoms with Gasteiger partial charge in [0.05, 0.1) is 17.1 Å². The van der Waals surface area contributed by atoms with E-state index in [0.29, 0.717) is 36.3 Å². The molecule has 3 nitrogen and oxygen atoms in total. The fraction of sp³-hybridized carbons (Fsp3) is 0.529. The van der Waals surface area contributed by atoms with E-state index in [4.69, 9.17) is 5.26 Å². The number of aromatic nitrogens is 2. The topological polar surface area (TPSA) is 41.6 Å². The van der Waals surface area contributed by atoms with E-state index in [1.54, 1.807) is 0 Å². The molecule has 0 unspecified atom stereocenters. The molecule has 0 N–H and O–H groups in total. The SMILES string of the molecule is N#CCCCn1c(C2CCCCC2)nc2cc(F)c(F)cc21. The lowest BCUT2D eigenvalue weighted by atomic mass is 9.88. The van der Waals surface area contributed by atoms with Crippen molar-refractivity contribution in [2.24, 2.45) is 0 Å². The van der Waals surface area contributed by atoms with E-state index in [9.17, 15) is 8.78 Å². The second kappa shape index (κ2) is 6.43. The Labute approximate surface area is 128 Å². The van der Waals surface area contributed by atoms with Crippen LogP contribution in [0.2, 0.25) is 0 Å². The molecule has 1 fully saturated rings. The first-order valence-corrected chi connectivity index (χ1v) is 7.93. The fourth-order valence-electron chi connectivity index (χ4n) is 3.36. The molecule has 1 aromatic heterocycles. The van der Waals surface area contributed by atoms with Crippen molar-refractivity contribution in [2.75, 3.05) is 0 Å². The Hall–Kier alpha value is -1.96. The minimum Gasteiger partial charge on any atom is -0.328 e. The van der Waals surface area contributed by atoms with Crippen LogP contribution in [-0.4, -0.2) is 9.55 Å². The van der Waals surface area contributed by atoms with E-state index >= 15 is 0 Å². The van der Waals surface area contributed by atoms with Gasteiger partial charge in [0.15, 0.2) is 11.6 Å². The fourth-order valence-corrected chi connectivity index (χ4v) is 3.36. The van der Waals surface area contributed by atoms with Crippen molar-refractivity contribution < 1.29 is 8.78 Å². The van der Waals surface area contributed by atoms with Gasteiger partial charge in [0.25, 0.3) is 0 Å². The van der Waals surface area contributed by atoms with E-state index in [1.807, 2.05) is 4.57 Å². The number of hydrogen-bond donors (Lipinski definition) is 0. The van der Waals surface area contributed by atoms with E-state index in [2.05, 4.69) is 11.1 Å². The van der Waals surface area contributed by atoms with Gasteiger partial charge in [0, 0.05) is 31.0 Å². The summed E-state index contributed by atoms with van der Waals surface area (Å²) in [5.41, 5.74) is 1.15. The number of fused-ring (bicyclic) bond motifs is 1. The zero-order chi connectivity index (χ0) is 15.5. The van der Waals surface area contributed by atoms with Crippen LogP contribution in [0.3, 0.4) is 0 Å². The summed E-state index contributed by atoms with van der Waals surface area (Å²) in [6.07, 6.45) is 6.89. The largest absolute Gasteiger partial charge is 0.328 e. The zero-order valence-electron chi connectivity index (χ0n) is 12.5.